The third-order valence-electron chi connectivity index (χ3n) is 4.33. The number of carbonyl (C=O) groups excluding carboxylic acids is 2. The molecule has 0 unspecified atom stereocenters. The average Bonchev–Trinajstić information content (AvgIpc) is 3.06. The minimum atomic E-state index is -0.227. The Morgan fingerprint density at radius 3 is 2.28 bits per heavy atom. The molecule has 3 aromatic rings. The molecular formula is C21H16N2O2. The quantitative estimate of drug-likeness (QED) is 0.767. The number of hydrogen-bond acceptors (Lipinski definition) is 2. The van der Waals surface area contributed by atoms with Crippen LogP contribution in [0, 0.1) is 0 Å². The van der Waals surface area contributed by atoms with Gasteiger partial charge in [0.1, 0.15) is 0 Å². The molecule has 0 aromatic heterocycles. The van der Waals surface area contributed by atoms with E-state index in [1.54, 1.807) is 18.2 Å². The number of carbonyl (C=O) groups is 2. The lowest BCUT2D eigenvalue weighted by Crippen LogP contribution is -2.17. The van der Waals surface area contributed by atoms with Crippen molar-refractivity contribution in [3.63, 3.8) is 0 Å². The summed E-state index contributed by atoms with van der Waals surface area (Å²) >= 11 is 0. The van der Waals surface area contributed by atoms with Crippen molar-refractivity contribution in [1.82, 2.24) is 5.32 Å². The van der Waals surface area contributed by atoms with Gasteiger partial charge in [-0.05, 0) is 34.9 Å². The predicted molar refractivity (Wildman–Crippen MR) is 97.4 cm³/mol. The number of nitrogens with one attached hydrogen (secondary N) is 2. The van der Waals surface area contributed by atoms with E-state index in [1.165, 1.54) is 0 Å². The minimum Gasteiger partial charge on any atom is -0.348 e. The molecular weight excluding hydrogens is 312 g/mol. The van der Waals surface area contributed by atoms with E-state index in [0.29, 0.717) is 23.4 Å². The van der Waals surface area contributed by atoms with Gasteiger partial charge in [-0.3, -0.25) is 9.59 Å². The van der Waals surface area contributed by atoms with Crippen LogP contribution in [0.4, 0.5) is 5.69 Å². The van der Waals surface area contributed by atoms with E-state index in [0.717, 1.165) is 16.7 Å². The molecule has 1 aliphatic rings. The van der Waals surface area contributed by atoms with E-state index in [4.69, 9.17) is 0 Å². The Kier molecular flexibility index (Phi) is 3.78. The first-order valence-corrected chi connectivity index (χ1v) is 8.10. The number of anilines is 1. The van der Waals surface area contributed by atoms with Crippen LogP contribution in [0.2, 0.25) is 0 Å². The predicted octanol–water partition coefficient (Wildman–Crippen LogP) is 3.85. The van der Waals surface area contributed by atoms with E-state index in [9.17, 15) is 9.59 Å². The van der Waals surface area contributed by atoms with Gasteiger partial charge in [0.25, 0.3) is 11.8 Å². The van der Waals surface area contributed by atoms with Crippen LogP contribution < -0.4 is 10.6 Å². The van der Waals surface area contributed by atoms with Gasteiger partial charge in [-0.25, -0.2) is 0 Å². The molecule has 0 aliphatic carbocycles. The number of fused-ring (bicyclic) bond motifs is 1. The first kappa shape index (κ1) is 15.1. The van der Waals surface area contributed by atoms with Crippen molar-refractivity contribution in [2.45, 2.75) is 6.54 Å². The van der Waals surface area contributed by atoms with Crippen molar-refractivity contribution in [2.75, 3.05) is 5.32 Å². The molecule has 4 rings (SSSR count). The zero-order valence-corrected chi connectivity index (χ0v) is 13.5. The topological polar surface area (TPSA) is 58.2 Å². The second-order valence-electron chi connectivity index (χ2n) is 5.88. The maximum Gasteiger partial charge on any atom is 0.255 e. The van der Waals surface area contributed by atoms with Gasteiger partial charge in [-0.15, -0.1) is 0 Å². The van der Waals surface area contributed by atoms with Crippen molar-refractivity contribution in [3.8, 4) is 11.1 Å². The summed E-state index contributed by atoms with van der Waals surface area (Å²) in [5.74, 6) is -0.383. The monoisotopic (exact) mass is 328 g/mol. The third-order valence-corrected chi connectivity index (χ3v) is 4.33. The van der Waals surface area contributed by atoms with Crippen molar-refractivity contribution >= 4 is 17.5 Å². The van der Waals surface area contributed by atoms with Gasteiger partial charge in [-0.1, -0.05) is 54.6 Å². The van der Waals surface area contributed by atoms with Crippen LogP contribution in [-0.4, -0.2) is 11.8 Å². The molecule has 122 valence electrons. The summed E-state index contributed by atoms with van der Waals surface area (Å²) in [6.45, 7) is 0.466. The summed E-state index contributed by atoms with van der Waals surface area (Å²) in [6.07, 6.45) is 0. The minimum absolute atomic E-state index is 0.156. The highest BCUT2D eigenvalue weighted by atomic mass is 16.2. The molecule has 0 saturated heterocycles. The van der Waals surface area contributed by atoms with Crippen LogP contribution in [0.1, 0.15) is 26.3 Å². The molecule has 2 amide bonds. The Hall–Kier alpha value is -3.40. The van der Waals surface area contributed by atoms with Crippen LogP contribution in [-0.2, 0) is 6.54 Å². The SMILES string of the molecule is O=C(Nc1ccc(-c2ccccc2)c2c1C(=O)NC2)c1ccccc1. The third kappa shape index (κ3) is 2.78. The number of rotatable bonds is 3. The normalized spacial score (nSPS) is 12.4. The standard InChI is InChI=1S/C21H16N2O2/c24-20(15-9-5-2-6-10-15)23-18-12-11-16(14-7-3-1-4-8-14)17-13-22-21(25)19(17)18/h1-12H,13H2,(H,22,25)(H,23,24). The fraction of sp³-hybridized carbons (Fsp3) is 0.0476. The fourth-order valence-corrected chi connectivity index (χ4v) is 3.12. The Bertz CT molecular complexity index is 950. The highest BCUT2D eigenvalue weighted by molar-refractivity contribution is 6.11. The molecule has 2 N–H and O–H groups in total. The zero-order valence-electron chi connectivity index (χ0n) is 13.5. The van der Waals surface area contributed by atoms with E-state index >= 15 is 0 Å². The van der Waals surface area contributed by atoms with Gasteiger partial charge in [0.15, 0.2) is 0 Å². The molecule has 25 heavy (non-hydrogen) atoms. The van der Waals surface area contributed by atoms with Gasteiger partial charge in [-0.2, -0.15) is 0 Å². The Morgan fingerprint density at radius 2 is 1.56 bits per heavy atom. The summed E-state index contributed by atoms with van der Waals surface area (Å²) in [6, 6.07) is 22.6. The molecule has 1 aliphatic heterocycles. The lowest BCUT2D eigenvalue weighted by molar-refractivity contribution is 0.0966. The van der Waals surface area contributed by atoms with Gasteiger partial charge in [0.05, 0.1) is 11.3 Å². The fourth-order valence-electron chi connectivity index (χ4n) is 3.12. The van der Waals surface area contributed by atoms with Gasteiger partial charge in [0.2, 0.25) is 0 Å². The second kappa shape index (κ2) is 6.24. The molecule has 0 radical (unpaired) electrons. The molecule has 4 heteroatoms. The lowest BCUT2D eigenvalue weighted by atomic mass is 9.95. The Balaban J connectivity index is 1.74. The van der Waals surface area contributed by atoms with Gasteiger partial charge >= 0.3 is 0 Å². The number of amides is 2. The first-order chi connectivity index (χ1) is 12.2. The van der Waals surface area contributed by atoms with Crippen LogP contribution in [0.25, 0.3) is 11.1 Å². The maximum absolute atomic E-state index is 12.4. The molecule has 3 aromatic carbocycles. The summed E-state index contributed by atoms with van der Waals surface area (Å²) in [7, 11) is 0. The molecule has 0 fully saturated rings. The average molecular weight is 328 g/mol. The summed E-state index contributed by atoms with van der Waals surface area (Å²) < 4.78 is 0. The molecule has 0 spiro atoms. The Morgan fingerprint density at radius 1 is 0.880 bits per heavy atom. The van der Waals surface area contributed by atoms with Crippen molar-refractivity contribution in [3.05, 3.63) is 89.5 Å². The smallest absolute Gasteiger partial charge is 0.255 e. The second-order valence-corrected chi connectivity index (χ2v) is 5.88. The van der Waals surface area contributed by atoms with Crippen LogP contribution in [0.5, 0.6) is 0 Å². The van der Waals surface area contributed by atoms with Crippen LogP contribution in [0.15, 0.2) is 72.8 Å². The molecule has 0 bridgehead atoms. The zero-order chi connectivity index (χ0) is 17.2. The van der Waals surface area contributed by atoms with Crippen LogP contribution >= 0.6 is 0 Å². The largest absolute Gasteiger partial charge is 0.348 e. The van der Waals surface area contributed by atoms with E-state index < -0.39 is 0 Å². The summed E-state index contributed by atoms with van der Waals surface area (Å²) in [5, 5.41) is 5.73. The first-order valence-electron chi connectivity index (χ1n) is 8.10. The highest BCUT2D eigenvalue weighted by Crippen LogP contribution is 2.34. The van der Waals surface area contributed by atoms with Gasteiger partial charge in [0, 0.05) is 12.1 Å². The van der Waals surface area contributed by atoms with Crippen molar-refractivity contribution in [1.29, 1.82) is 0 Å². The molecule has 0 atom stereocenters. The highest BCUT2D eigenvalue weighted by Gasteiger charge is 2.26. The number of benzene rings is 3. The molecule has 4 nitrogen and oxygen atoms in total. The van der Waals surface area contributed by atoms with E-state index in [-0.39, 0.29) is 11.8 Å². The van der Waals surface area contributed by atoms with Crippen LogP contribution in [0.3, 0.4) is 0 Å². The van der Waals surface area contributed by atoms with Gasteiger partial charge < -0.3 is 10.6 Å². The van der Waals surface area contributed by atoms with E-state index in [1.807, 2.05) is 54.6 Å². The lowest BCUT2D eigenvalue weighted by Gasteiger charge is -2.13. The molecule has 0 saturated carbocycles. The molecule has 1 heterocycles. The Labute approximate surface area is 145 Å². The maximum atomic E-state index is 12.4. The summed E-state index contributed by atoms with van der Waals surface area (Å²) in [4.78, 5) is 24.8. The van der Waals surface area contributed by atoms with Crippen molar-refractivity contribution < 1.29 is 9.59 Å². The number of hydrogen-bond donors (Lipinski definition) is 2. The summed E-state index contributed by atoms with van der Waals surface area (Å²) in [5.41, 5.74) is 4.62. The van der Waals surface area contributed by atoms with E-state index in [2.05, 4.69) is 10.6 Å². The van der Waals surface area contributed by atoms with Crippen molar-refractivity contribution in [2.24, 2.45) is 0 Å².